The van der Waals surface area contributed by atoms with E-state index in [1.165, 1.54) is 25.3 Å². The molecule has 0 spiro atoms. The lowest BCUT2D eigenvalue weighted by atomic mass is 10.2. The van der Waals surface area contributed by atoms with Gasteiger partial charge >= 0.3 is 5.97 Å². The Bertz CT molecular complexity index is 187. The third-order valence-corrected chi connectivity index (χ3v) is 1.90. The number of ether oxygens (including phenoxy) is 2. The van der Waals surface area contributed by atoms with E-state index in [-0.39, 0.29) is 5.97 Å². The van der Waals surface area contributed by atoms with Gasteiger partial charge in [0.05, 0.1) is 6.61 Å². The summed E-state index contributed by atoms with van der Waals surface area (Å²) in [5.41, 5.74) is 0. The molecular formula is C10H16O3. The van der Waals surface area contributed by atoms with Crippen LogP contribution < -0.4 is 0 Å². The van der Waals surface area contributed by atoms with E-state index in [0.29, 0.717) is 6.61 Å². The van der Waals surface area contributed by atoms with Crippen molar-refractivity contribution in [2.24, 2.45) is 0 Å². The first-order valence-electron chi connectivity index (χ1n) is 4.83. The Labute approximate surface area is 78.7 Å². The Kier molecular flexibility index (Phi) is 4.54. The van der Waals surface area contributed by atoms with Gasteiger partial charge in [-0.2, -0.15) is 0 Å². The van der Waals surface area contributed by atoms with Crippen LogP contribution in [0.4, 0.5) is 0 Å². The van der Waals surface area contributed by atoms with Crippen LogP contribution in [0.3, 0.4) is 0 Å². The van der Waals surface area contributed by atoms with Crippen molar-refractivity contribution in [3.63, 3.8) is 0 Å². The van der Waals surface area contributed by atoms with Gasteiger partial charge in [0.2, 0.25) is 6.29 Å². The minimum atomic E-state index is -0.436. The monoisotopic (exact) mass is 184 g/mol. The van der Waals surface area contributed by atoms with Crippen molar-refractivity contribution in [3.8, 4) is 0 Å². The molecule has 74 valence electrons. The highest BCUT2D eigenvalue weighted by molar-refractivity contribution is 5.84. The normalized spacial score (nSPS) is 20.7. The lowest BCUT2D eigenvalue weighted by molar-refractivity contribution is -0.158. The molecule has 1 rings (SSSR count). The second kappa shape index (κ2) is 5.75. The first-order valence-corrected chi connectivity index (χ1v) is 4.83. The predicted molar refractivity (Wildman–Crippen MR) is 49.1 cm³/mol. The molecule has 3 nitrogen and oxygen atoms in total. The minimum Gasteiger partial charge on any atom is -0.429 e. The molecule has 0 amide bonds. The Morgan fingerprint density at radius 2 is 2.31 bits per heavy atom. The molecule has 0 saturated carbocycles. The largest absolute Gasteiger partial charge is 0.429 e. The van der Waals surface area contributed by atoms with Crippen LogP contribution in [0.2, 0.25) is 0 Å². The fourth-order valence-electron chi connectivity index (χ4n) is 1.17. The van der Waals surface area contributed by atoms with Crippen molar-refractivity contribution in [1.29, 1.82) is 0 Å². The van der Waals surface area contributed by atoms with Crippen LogP contribution in [0.25, 0.3) is 0 Å². The van der Waals surface area contributed by atoms with E-state index in [1.54, 1.807) is 6.08 Å². The van der Waals surface area contributed by atoms with E-state index in [9.17, 15) is 4.79 Å². The zero-order valence-electron chi connectivity index (χ0n) is 7.99. The standard InChI is InChI=1S/C10H16O3/c1-2-3-4-5-8-12-10-7-6-9(11)13-10/h6-7,10H,2-5,8H2,1H3. The number of carbonyl (C=O) groups is 1. The zero-order chi connectivity index (χ0) is 9.52. The molecular weight excluding hydrogens is 168 g/mol. The van der Waals surface area contributed by atoms with Crippen LogP contribution in [0.5, 0.6) is 0 Å². The molecule has 0 aliphatic carbocycles. The smallest absolute Gasteiger partial charge is 0.333 e. The van der Waals surface area contributed by atoms with Crippen molar-refractivity contribution in [3.05, 3.63) is 12.2 Å². The van der Waals surface area contributed by atoms with Gasteiger partial charge < -0.3 is 9.47 Å². The summed E-state index contributed by atoms with van der Waals surface area (Å²) in [6.07, 6.45) is 7.28. The van der Waals surface area contributed by atoms with Crippen molar-refractivity contribution in [2.75, 3.05) is 6.61 Å². The van der Waals surface area contributed by atoms with Crippen molar-refractivity contribution in [2.45, 2.75) is 38.9 Å². The van der Waals surface area contributed by atoms with Crippen LogP contribution in [-0.2, 0) is 14.3 Å². The molecule has 3 heteroatoms. The van der Waals surface area contributed by atoms with E-state index in [2.05, 4.69) is 6.92 Å². The second-order valence-electron chi connectivity index (χ2n) is 3.10. The first-order chi connectivity index (χ1) is 6.33. The molecule has 0 aromatic rings. The first kappa shape index (κ1) is 10.3. The maximum absolute atomic E-state index is 10.6. The van der Waals surface area contributed by atoms with Crippen LogP contribution in [0, 0.1) is 0 Å². The minimum absolute atomic E-state index is 0.307. The molecule has 1 heterocycles. The van der Waals surface area contributed by atoms with Gasteiger partial charge in [0, 0.05) is 6.08 Å². The quantitative estimate of drug-likeness (QED) is 0.468. The van der Waals surface area contributed by atoms with Gasteiger partial charge in [-0.1, -0.05) is 26.2 Å². The van der Waals surface area contributed by atoms with Gasteiger partial charge in [0.1, 0.15) is 0 Å². The Balaban J connectivity index is 1.95. The number of unbranched alkanes of at least 4 members (excludes halogenated alkanes) is 3. The summed E-state index contributed by atoms with van der Waals surface area (Å²) in [7, 11) is 0. The van der Waals surface area contributed by atoms with Gasteiger partial charge in [-0.25, -0.2) is 4.79 Å². The van der Waals surface area contributed by atoms with Crippen LogP contribution >= 0.6 is 0 Å². The van der Waals surface area contributed by atoms with E-state index in [0.717, 1.165) is 6.42 Å². The topological polar surface area (TPSA) is 35.5 Å². The second-order valence-corrected chi connectivity index (χ2v) is 3.10. The summed E-state index contributed by atoms with van der Waals surface area (Å²) in [6, 6.07) is 0. The third kappa shape index (κ3) is 4.08. The predicted octanol–water partition coefficient (Wildman–Crippen LogP) is 2.02. The fraction of sp³-hybridized carbons (Fsp3) is 0.700. The third-order valence-electron chi connectivity index (χ3n) is 1.90. The van der Waals surface area contributed by atoms with Crippen LogP contribution in [0.1, 0.15) is 32.6 Å². The number of esters is 1. The molecule has 0 aromatic heterocycles. The Hall–Kier alpha value is -0.830. The summed E-state index contributed by atoms with van der Waals surface area (Å²) in [4.78, 5) is 10.6. The molecule has 0 saturated heterocycles. The van der Waals surface area contributed by atoms with E-state index >= 15 is 0 Å². The van der Waals surface area contributed by atoms with Crippen LogP contribution in [0.15, 0.2) is 12.2 Å². The average Bonchev–Trinajstić information content (AvgIpc) is 2.51. The Morgan fingerprint density at radius 3 is 2.92 bits per heavy atom. The highest BCUT2D eigenvalue weighted by Gasteiger charge is 2.15. The molecule has 1 unspecified atom stereocenters. The van der Waals surface area contributed by atoms with Gasteiger partial charge in [-0.3, -0.25) is 0 Å². The summed E-state index contributed by atoms with van der Waals surface area (Å²) < 4.78 is 10.1. The molecule has 0 aromatic carbocycles. The number of rotatable bonds is 6. The van der Waals surface area contributed by atoms with Crippen LogP contribution in [-0.4, -0.2) is 18.9 Å². The summed E-state index contributed by atoms with van der Waals surface area (Å²) in [5.74, 6) is -0.307. The maximum atomic E-state index is 10.6. The molecule has 0 radical (unpaired) electrons. The molecule has 0 fully saturated rings. The van der Waals surface area contributed by atoms with Gasteiger partial charge in [0.25, 0.3) is 0 Å². The fourth-order valence-corrected chi connectivity index (χ4v) is 1.17. The van der Waals surface area contributed by atoms with E-state index in [1.807, 2.05) is 0 Å². The van der Waals surface area contributed by atoms with Gasteiger partial charge in [0.15, 0.2) is 0 Å². The summed E-state index contributed by atoms with van der Waals surface area (Å²) >= 11 is 0. The zero-order valence-corrected chi connectivity index (χ0v) is 7.99. The lowest BCUT2D eigenvalue weighted by Crippen LogP contribution is -2.12. The summed E-state index contributed by atoms with van der Waals surface area (Å²) in [5, 5.41) is 0. The van der Waals surface area contributed by atoms with Crippen molar-refractivity contribution >= 4 is 5.97 Å². The highest BCUT2D eigenvalue weighted by atomic mass is 16.7. The average molecular weight is 184 g/mol. The molecule has 0 N–H and O–H groups in total. The number of carbonyl (C=O) groups excluding carboxylic acids is 1. The van der Waals surface area contributed by atoms with E-state index < -0.39 is 6.29 Å². The molecule has 1 atom stereocenters. The van der Waals surface area contributed by atoms with E-state index in [4.69, 9.17) is 9.47 Å². The number of hydrogen-bond donors (Lipinski definition) is 0. The van der Waals surface area contributed by atoms with Gasteiger partial charge in [-0.15, -0.1) is 0 Å². The van der Waals surface area contributed by atoms with Crippen molar-refractivity contribution < 1.29 is 14.3 Å². The molecule has 1 aliphatic heterocycles. The lowest BCUT2D eigenvalue weighted by Gasteiger charge is -2.08. The number of cyclic esters (lactones) is 1. The van der Waals surface area contributed by atoms with Gasteiger partial charge in [-0.05, 0) is 12.5 Å². The summed E-state index contributed by atoms with van der Waals surface area (Å²) in [6.45, 7) is 2.84. The highest BCUT2D eigenvalue weighted by Crippen LogP contribution is 2.07. The SMILES string of the molecule is CCCCCCOC1C=CC(=O)O1. The van der Waals surface area contributed by atoms with Crippen molar-refractivity contribution in [1.82, 2.24) is 0 Å². The number of hydrogen-bond acceptors (Lipinski definition) is 3. The Morgan fingerprint density at radius 1 is 1.46 bits per heavy atom. The molecule has 1 aliphatic rings. The maximum Gasteiger partial charge on any atom is 0.333 e. The molecule has 0 bridgehead atoms. The molecule has 13 heavy (non-hydrogen) atoms.